The van der Waals surface area contributed by atoms with Gasteiger partial charge in [-0.3, -0.25) is 14.6 Å². The molecular weight excluding hydrogens is 445 g/mol. The second kappa shape index (κ2) is 7.96. The van der Waals surface area contributed by atoms with Crippen molar-refractivity contribution in [3.8, 4) is 11.3 Å². The molecule has 0 bridgehead atoms. The number of aromatic amines is 1. The predicted molar refractivity (Wildman–Crippen MR) is 122 cm³/mol. The number of hydrogen-bond acceptors (Lipinski definition) is 5. The van der Waals surface area contributed by atoms with Crippen LogP contribution in [0.5, 0.6) is 0 Å². The van der Waals surface area contributed by atoms with Gasteiger partial charge >= 0.3 is 0 Å². The number of nitrogens with one attached hydrogen (secondary N) is 3. The summed E-state index contributed by atoms with van der Waals surface area (Å²) in [7, 11) is -3.95. The third kappa shape index (κ3) is 4.29. The van der Waals surface area contributed by atoms with E-state index in [0.717, 1.165) is 36.1 Å². The fourth-order valence-electron chi connectivity index (χ4n) is 3.47. The molecule has 1 aliphatic carbocycles. The lowest BCUT2D eigenvalue weighted by molar-refractivity contribution is 0.0951. The lowest BCUT2D eigenvalue weighted by Gasteiger charge is -2.09. The number of H-pyrrole nitrogens is 1. The van der Waals surface area contributed by atoms with Crippen LogP contribution < -0.4 is 10.0 Å². The summed E-state index contributed by atoms with van der Waals surface area (Å²) >= 11 is 0. The van der Waals surface area contributed by atoms with Gasteiger partial charge in [0, 0.05) is 17.2 Å². The van der Waals surface area contributed by atoms with Crippen molar-refractivity contribution >= 4 is 32.8 Å². The van der Waals surface area contributed by atoms with Crippen LogP contribution in [0.25, 0.3) is 22.3 Å². The Kier molecular flexibility index (Phi) is 5.09. The minimum absolute atomic E-state index is 0.0819. The maximum absolute atomic E-state index is 13.1. The topological polar surface area (TPSA) is 117 Å². The van der Waals surface area contributed by atoms with Crippen LogP contribution >= 0.6 is 0 Å². The number of carbonyl (C=O) groups excluding carboxylic acids is 1. The van der Waals surface area contributed by atoms with Gasteiger partial charge in [0.15, 0.2) is 11.5 Å². The Morgan fingerprint density at radius 1 is 1.09 bits per heavy atom. The van der Waals surface area contributed by atoms with E-state index in [-0.39, 0.29) is 22.7 Å². The normalized spacial score (nSPS) is 13.8. The summed E-state index contributed by atoms with van der Waals surface area (Å²) in [5.74, 6) is -0.554. The number of hydrogen-bond donors (Lipinski definition) is 3. The predicted octanol–water partition coefficient (Wildman–Crippen LogP) is 3.77. The lowest BCUT2D eigenvalue weighted by atomic mass is 10.0. The molecule has 0 unspecified atom stereocenters. The molecule has 10 heteroatoms. The number of anilines is 1. The van der Waals surface area contributed by atoms with Crippen molar-refractivity contribution in [2.45, 2.75) is 30.7 Å². The highest BCUT2D eigenvalue weighted by molar-refractivity contribution is 7.92. The number of halogens is 1. The summed E-state index contributed by atoms with van der Waals surface area (Å²) in [5, 5.41) is 10.3. The fraction of sp³-hybridized carbons (Fsp3) is 0.174. The molecule has 33 heavy (non-hydrogen) atoms. The van der Waals surface area contributed by atoms with Crippen LogP contribution in [0.4, 0.5) is 10.2 Å². The zero-order chi connectivity index (χ0) is 23.2. The van der Waals surface area contributed by atoms with Gasteiger partial charge in [0.05, 0.1) is 16.0 Å². The summed E-state index contributed by atoms with van der Waals surface area (Å²) in [5.41, 5.74) is 3.31. The molecule has 168 valence electrons. The van der Waals surface area contributed by atoms with E-state index in [4.69, 9.17) is 0 Å². The molecule has 2 aromatic heterocycles. The van der Waals surface area contributed by atoms with Crippen LogP contribution in [0.2, 0.25) is 0 Å². The summed E-state index contributed by atoms with van der Waals surface area (Å²) in [6.07, 6.45) is 2.02. The molecular formula is C23H20FN5O3S. The molecule has 1 aliphatic rings. The number of rotatable bonds is 6. The van der Waals surface area contributed by atoms with Crippen LogP contribution in [0.1, 0.15) is 28.8 Å². The second-order valence-corrected chi connectivity index (χ2v) is 9.68. The molecule has 1 amide bonds. The molecule has 0 atom stereocenters. The zero-order valence-corrected chi connectivity index (χ0v) is 18.4. The molecule has 0 spiro atoms. The van der Waals surface area contributed by atoms with E-state index in [0.29, 0.717) is 22.3 Å². The van der Waals surface area contributed by atoms with E-state index in [1.54, 1.807) is 24.3 Å². The monoisotopic (exact) mass is 465 g/mol. The van der Waals surface area contributed by atoms with Crippen LogP contribution in [0.15, 0.2) is 59.5 Å². The third-order valence-electron chi connectivity index (χ3n) is 5.47. The maximum Gasteiger partial charge on any atom is 0.263 e. The number of sulfonamides is 1. The van der Waals surface area contributed by atoms with Gasteiger partial charge in [0.2, 0.25) is 0 Å². The zero-order valence-electron chi connectivity index (χ0n) is 17.6. The Morgan fingerprint density at radius 2 is 1.85 bits per heavy atom. The molecule has 4 aromatic rings. The van der Waals surface area contributed by atoms with Crippen molar-refractivity contribution in [2.24, 2.45) is 0 Å². The van der Waals surface area contributed by atoms with Crippen molar-refractivity contribution in [1.82, 2.24) is 20.5 Å². The van der Waals surface area contributed by atoms with E-state index in [1.807, 2.05) is 13.0 Å². The lowest BCUT2D eigenvalue weighted by Crippen LogP contribution is -2.25. The first kappa shape index (κ1) is 21.1. The number of carbonyl (C=O) groups is 1. The largest absolute Gasteiger partial charge is 0.349 e. The number of aromatic nitrogens is 3. The van der Waals surface area contributed by atoms with Gasteiger partial charge in [-0.05, 0) is 73.9 Å². The number of benzene rings is 2. The Hall–Kier alpha value is -3.79. The summed E-state index contributed by atoms with van der Waals surface area (Å²) < 4.78 is 40.8. The molecule has 3 N–H and O–H groups in total. The minimum Gasteiger partial charge on any atom is -0.349 e. The Labute approximate surface area is 189 Å². The quantitative estimate of drug-likeness (QED) is 0.401. The molecule has 1 fully saturated rings. The highest BCUT2D eigenvalue weighted by Gasteiger charge is 2.24. The van der Waals surface area contributed by atoms with E-state index in [1.165, 1.54) is 12.1 Å². The van der Waals surface area contributed by atoms with Crippen LogP contribution in [0, 0.1) is 12.7 Å². The molecule has 2 heterocycles. The number of pyridine rings is 1. The van der Waals surface area contributed by atoms with Crippen molar-refractivity contribution in [3.63, 3.8) is 0 Å². The first-order valence-corrected chi connectivity index (χ1v) is 11.8. The van der Waals surface area contributed by atoms with Gasteiger partial charge in [0.25, 0.3) is 15.9 Å². The van der Waals surface area contributed by atoms with Crippen molar-refractivity contribution in [3.05, 3.63) is 71.5 Å². The summed E-state index contributed by atoms with van der Waals surface area (Å²) in [4.78, 5) is 16.9. The molecule has 0 saturated heterocycles. The SMILES string of the molecule is Cc1ccc(C(=O)NC2CC2)cc1-c1ccc2c(NS(=O)(=O)c3ccc(F)cc3)n[nH]c2n1. The Bertz CT molecular complexity index is 1480. The van der Waals surface area contributed by atoms with Gasteiger partial charge in [-0.2, -0.15) is 5.10 Å². The van der Waals surface area contributed by atoms with Gasteiger partial charge < -0.3 is 5.32 Å². The highest BCUT2D eigenvalue weighted by atomic mass is 32.2. The molecule has 1 saturated carbocycles. The van der Waals surface area contributed by atoms with Crippen molar-refractivity contribution in [1.29, 1.82) is 0 Å². The molecule has 5 rings (SSSR count). The Balaban J connectivity index is 1.45. The van der Waals surface area contributed by atoms with Crippen molar-refractivity contribution < 1.29 is 17.6 Å². The summed E-state index contributed by atoms with van der Waals surface area (Å²) in [6, 6.07) is 13.7. The number of nitrogens with zero attached hydrogens (tertiary/aromatic N) is 2. The first-order valence-electron chi connectivity index (χ1n) is 10.4. The minimum atomic E-state index is -3.95. The third-order valence-corrected chi connectivity index (χ3v) is 6.82. The fourth-order valence-corrected chi connectivity index (χ4v) is 4.49. The molecule has 2 aromatic carbocycles. The van der Waals surface area contributed by atoms with Crippen LogP contribution in [-0.4, -0.2) is 35.5 Å². The van der Waals surface area contributed by atoms with E-state index < -0.39 is 15.8 Å². The maximum atomic E-state index is 13.1. The van der Waals surface area contributed by atoms with E-state index in [9.17, 15) is 17.6 Å². The van der Waals surface area contributed by atoms with E-state index >= 15 is 0 Å². The summed E-state index contributed by atoms with van der Waals surface area (Å²) in [6.45, 7) is 1.93. The van der Waals surface area contributed by atoms with Gasteiger partial charge in [-0.25, -0.2) is 17.8 Å². The van der Waals surface area contributed by atoms with Crippen LogP contribution in [-0.2, 0) is 10.0 Å². The molecule has 0 radical (unpaired) electrons. The number of fused-ring (bicyclic) bond motifs is 1. The average Bonchev–Trinajstić information content (AvgIpc) is 3.53. The Morgan fingerprint density at radius 3 is 2.58 bits per heavy atom. The average molecular weight is 466 g/mol. The number of aryl methyl sites for hydroxylation is 1. The first-order chi connectivity index (χ1) is 15.8. The van der Waals surface area contributed by atoms with Crippen molar-refractivity contribution in [2.75, 3.05) is 4.72 Å². The second-order valence-electron chi connectivity index (χ2n) is 8.00. The standard InChI is InChI=1S/C23H20FN5O3S/c1-13-2-3-14(23(30)25-16-6-7-16)12-19(13)20-11-10-18-21(26-20)27-28-22(18)29-33(31,32)17-8-4-15(24)5-9-17/h2-5,8-12,16H,6-7H2,1H3,(H,25,30)(H2,26,27,28,29). The smallest absolute Gasteiger partial charge is 0.263 e. The van der Waals surface area contributed by atoms with Gasteiger partial charge in [0.1, 0.15) is 5.82 Å². The number of amides is 1. The van der Waals surface area contributed by atoms with E-state index in [2.05, 4.69) is 25.2 Å². The van der Waals surface area contributed by atoms with Gasteiger partial charge in [-0.1, -0.05) is 6.07 Å². The van der Waals surface area contributed by atoms with Gasteiger partial charge in [-0.15, -0.1) is 0 Å². The van der Waals surface area contributed by atoms with Crippen LogP contribution in [0.3, 0.4) is 0 Å². The highest BCUT2D eigenvalue weighted by Crippen LogP contribution is 2.28. The molecule has 8 nitrogen and oxygen atoms in total. The molecule has 0 aliphatic heterocycles.